The van der Waals surface area contributed by atoms with Crippen LogP contribution in [0.1, 0.15) is 30.5 Å². The van der Waals surface area contributed by atoms with E-state index in [4.69, 9.17) is 0 Å². The van der Waals surface area contributed by atoms with Gasteiger partial charge in [-0.25, -0.2) is 0 Å². The zero-order chi connectivity index (χ0) is 23.4. The highest BCUT2D eigenvalue weighted by molar-refractivity contribution is 8.00. The normalized spacial score (nSPS) is 11.7. The van der Waals surface area contributed by atoms with Gasteiger partial charge in [-0.3, -0.25) is 19.4 Å². The number of anilines is 2. The molecule has 0 bridgehead atoms. The summed E-state index contributed by atoms with van der Waals surface area (Å²) in [6.07, 6.45) is 0. The number of aromatic nitrogens is 3. The van der Waals surface area contributed by atoms with Crippen LogP contribution in [0.4, 0.5) is 11.4 Å². The van der Waals surface area contributed by atoms with Crippen LogP contribution in [0, 0.1) is 20.8 Å². The van der Waals surface area contributed by atoms with Crippen LogP contribution in [-0.4, -0.2) is 32.2 Å². The van der Waals surface area contributed by atoms with Crippen LogP contribution in [0.3, 0.4) is 0 Å². The Morgan fingerprint density at radius 1 is 1.00 bits per heavy atom. The smallest absolute Gasteiger partial charge is 0.278 e. The largest absolute Gasteiger partial charge is 0.325 e. The lowest BCUT2D eigenvalue weighted by molar-refractivity contribution is -0.115. The van der Waals surface area contributed by atoms with E-state index in [9.17, 15) is 14.4 Å². The van der Waals surface area contributed by atoms with Crippen molar-refractivity contribution in [3.63, 3.8) is 0 Å². The highest BCUT2D eigenvalue weighted by Crippen LogP contribution is 2.28. The minimum absolute atomic E-state index is 0.0917. The van der Waals surface area contributed by atoms with Gasteiger partial charge in [0.2, 0.25) is 11.8 Å². The van der Waals surface area contributed by atoms with Gasteiger partial charge in [0.15, 0.2) is 10.9 Å². The molecule has 9 heteroatoms. The lowest BCUT2D eigenvalue weighted by Gasteiger charge is -2.13. The van der Waals surface area contributed by atoms with Gasteiger partial charge in [0, 0.05) is 18.2 Å². The van der Waals surface area contributed by atoms with E-state index in [0.29, 0.717) is 16.9 Å². The highest BCUT2D eigenvalue weighted by Gasteiger charge is 2.19. The van der Waals surface area contributed by atoms with Crippen LogP contribution >= 0.6 is 11.8 Å². The Balaban J connectivity index is 1.78. The first-order chi connectivity index (χ1) is 15.2. The van der Waals surface area contributed by atoms with Gasteiger partial charge in [-0.2, -0.15) is 0 Å². The first-order valence-electron chi connectivity index (χ1n) is 10.0. The number of hydrogen-bond acceptors (Lipinski definition) is 6. The number of thioether (sulfide) groups is 1. The van der Waals surface area contributed by atoms with Gasteiger partial charge in [0.1, 0.15) is 0 Å². The van der Waals surface area contributed by atoms with E-state index in [-0.39, 0.29) is 22.7 Å². The number of rotatable bonds is 6. The number of nitrogens with one attached hydrogen (secondary N) is 3. The van der Waals surface area contributed by atoms with E-state index in [1.165, 1.54) is 6.92 Å². The summed E-state index contributed by atoms with van der Waals surface area (Å²) >= 11 is 1.10. The molecular formula is C23H25N5O3S. The molecule has 0 saturated carbocycles. The number of amides is 2. The van der Waals surface area contributed by atoms with Gasteiger partial charge in [-0.15, -0.1) is 10.2 Å². The molecule has 2 amide bonds. The van der Waals surface area contributed by atoms with E-state index < -0.39 is 10.8 Å². The van der Waals surface area contributed by atoms with Crippen molar-refractivity contribution in [1.29, 1.82) is 0 Å². The first kappa shape index (κ1) is 23.2. The van der Waals surface area contributed by atoms with Crippen LogP contribution in [-0.2, 0) is 9.59 Å². The number of carbonyl (C=O) groups is 2. The predicted octanol–water partition coefficient (Wildman–Crippen LogP) is 3.83. The second-order valence-electron chi connectivity index (χ2n) is 7.53. The maximum Gasteiger partial charge on any atom is 0.278 e. The van der Waals surface area contributed by atoms with Gasteiger partial charge < -0.3 is 10.6 Å². The number of nitrogens with zero attached hydrogens (tertiary/aromatic N) is 2. The van der Waals surface area contributed by atoms with Crippen LogP contribution < -0.4 is 16.2 Å². The number of carbonyl (C=O) groups excluding carboxylic acids is 2. The van der Waals surface area contributed by atoms with Gasteiger partial charge >= 0.3 is 0 Å². The number of aromatic amines is 1. The third-order valence-corrected chi connectivity index (χ3v) is 5.91. The molecule has 0 saturated heterocycles. The van der Waals surface area contributed by atoms with Gasteiger partial charge in [0.05, 0.1) is 10.9 Å². The molecule has 0 fully saturated rings. The van der Waals surface area contributed by atoms with Crippen molar-refractivity contribution < 1.29 is 9.59 Å². The fraction of sp³-hybridized carbons (Fsp3) is 0.261. The molecule has 0 aliphatic rings. The zero-order valence-electron chi connectivity index (χ0n) is 18.6. The summed E-state index contributed by atoms with van der Waals surface area (Å²) < 4.78 is 0. The van der Waals surface area contributed by atoms with Crippen LogP contribution in [0.15, 0.2) is 46.3 Å². The topological polar surface area (TPSA) is 117 Å². The van der Waals surface area contributed by atoms with Gasteiger partial charge in [0.25, 0.3) is 5.56 Å². The lowest BCUT2D eigenvalue weighted by Crippen LogP contribution is -2.24. The Morgan fingerprint density at radius 2 is 1.75 bits per heavy atom. The van der Waals surface area contributed by atoms with Crippen LogP contribution in [0.25, 0.3) is 11.3 Å². The summed E-state index contributed by atoms with van der Waals surface area (Å²) in [6, 6.07) is 11.0. The molecule has 1 heterocycles. The molecule has 0 unspecified atom stereocenters. The molecule has 2 aromatic carbocycles. The second-order valence-corrected chi connectivity index (χ2v) is 8.86. The molecule has 166 valence electrons. The van der Waals surface area contributed by atoms with Crippen molar-refractivity contribution in [2.45, 2.75) is 45.0 Å². The third kappa shape index (κ3) is 5.42. The van der Waals surface area contributed by atoms with E-state index in [1.54, 1.807) is 19.1 Å². The average molecular weight is 452 g/mol. The summed E-state index contributed by atoms with van der Waals surface area (Å²) in [5.74, 6) is -0.461. The predicted molar refractivity (Wildman–Crippen MR) is 127 cm³/mol. The van der Waals surface area contributed by atoms with Crippen molar-refractivity contribution in [3.8, 4) is 11.3 Å². The minimum Gasteiger partial charge on any atom is -0.325 e. The molecular weight excluding hydrogens is 426 g/mol. The molecule has 1 atom stereocenters. The molecule has 0 aliphatic heterocycles. The highest BCUT2D eigenvalue weighted by atomic mass is 32.2. The standard InChI is InChI=1S/C23H25N5O3S/c1-12-9-10-17(11-14(12)3)25-21(30)15(4)32-23-26-22(31)20(27-28-23)18-8-6-7-13(2)19(18)24-16(5)29/h6-11,15H,1-5H3,(H,24,29)(H,25,30)(H,26,28,31)/t15-/m0/s1. The van der Waals surface area contributed by atoms with Crippen molar-refractivity contribution in [2.75, 3.05) is 10.6 Å². The Labute approximate surface area is 190 Å². The van der Waals surface area contributed by atoms with Crippen molar-refractivity contribution >= 4 is 35.0 Å². The molecule has 0 radical (unpaired) electrons. The summed E-state index contributed by atoms with van der Waals surface area (Å²) in [5, 5.41) is 13.5. The Kier molecular flexibility index (Phi) is 7.09. The monoisotopic (exact) mass is 451 g/mol. The Bertz CT molecular complexity index is 1240. The van der Waals surface area contributed by atoms with E-state index in [0.717, 1.165) is 28.5 Å². The SMILES string of the molecule is CC(=O)Nc1c(C)cccc1-c1nnc(S[C@@H](C)C(=O)Nc2ccc(C)c(C)c2)[nH]c1=O. The minimum atomic E-state index is -0.513. The fourth-order valence-electron chi connectivity index (χ4n) is 3.04. The molecule has 1 aromatic heterocycles. The maximum atomic E-state index is 12.7. The van der Waals surface area contributed by atoms with E-state index >= 15 is 0 Å². The summed E-state index contributed by atoms with van der Waals surface area (Å²) in [4.78, 5) is 39.5. The number of H-pyrrole nitrogens is 1. The first-order valence-corrected chi connectivity index (χ1v) is 10.9. The second kappa shape index (κ2) is 9.78. The molecule has 32 heavy (non-hydrogen) atoms. The molecule has 0 aliphatic carbocycles. The number of aryl methyl sites for hydroxylation is 3. The fourth-order valence-corrected chi connectivity index (χ4v) is 3.78. The Morgan fingerprint density at radius 3 is 2.41 bits per heavy atom. The lowest BCUT2D eigenvalue weighted by atomic mass is 10.1. The number of benzene rings is 2. The van der Waals surface area contributed by atoms with Gasteiger partial charge in [-0.05, 0) is 56.5 Å². The maximum absolute atomic E-state index is 12.7. The van der Waals surface area contributed by atoms with E-state index in [2.05, 4.69) is 25.8 Å². The molecule has 0 spiro atoms. The summed E-state index contributed by atoms with van der Waals surface area (Å²) in [5.41, 5.74) is 4.37. The number of hydrogen-bond donors (Lipinski definition) is 3. The van der Waals surface area contributed by atoms with Crippen molar-refractivity contribution in [2.24, 2.45) is 0 Å². The van der Waals surface area contributed by atoms with Gasteiger partial charge in [-0.1, -0.05) is 36.0 Å². The van der Waals surface area contributed by atoms with Crippen molar-refractivity contribution in [1.82, 2.24) is 15.2 Å². The molecule has 8 nitrogen and oxygen atoms in total. The molecule has 3 N–H and O–H groups in total. The van der Waals surface area contributed by atoms with E-state index in [1.807, 2.05) is 45.0 Å². The summed E-state index contributed by atoms with van der Waals surface area (Å²) in [7, 11) is 0. The van der Waals surface area contributed by atoms with Crippen LogP contribution in [0.2, 0.25) is 0 Å². The van der Waals surface area contributed by atoms with Crippen molar-refractivity contribution in [3.05, 3.63) is 63.4 Å². The quantitative estimate of drug-likeness (QED) is 0.490. The molecule has 3 aromatic rings. The molecule has 3 rings (SSSR count). The number of para-hydroxylation sites is 1. The zero-order valence-corrected chi connectivity index (χ0v) is 19.4. The Hall–Kier alpha value is -3.46. The summed E-state index contributed by atoms with van der Waals surface area (Å²) in [6.45, 7) is 8.95. The third-order valence-electron chi connectivity index (χ3n) is 4.94. The van der Waals surface area contributed by atoms with Crippen LogP contribution in [0.5, 0.6) is 0 Å². The average Bonchev–Trinajstić information content (AvgIpc) is 2.72.